The van der Waals surface area contributed by atoms with E-state index in [-0.39, 0.29) is 11.9 Å². The average molecular weight is 304 g/mol. The Balaban J connectivity index is 1.78. The maximum Gasteiger partial charge on any atom is 0.266 e. The molecule has 0 N–H and O–H groups in total. The first kappa shape index (κ1) is 14.3. The van der Waals surface area contributed by atoms with E-state index in [1.165, 1.54) is 11.3 Å². The fourth-order valence-electron chi connectivity index (χ4n) is 2.99. The number of hydrogen-bond donors (Lipinski definition) is 0. The average Bonchev–Trinajstić information content (AvgIpc) is 3.12. The number of hydrogen-bond acceptors (Lipinski definition) is 4. The zero-order valence-corrected chi connectivity index (χ0v) is 13.5. The molecule has 1 amide bonds. The molecule has 21 heavy (non-hydrogen) atoms. The molecule has 3 rings (SSSR count). The van der Waals surface area contributed by atoms with Gasteiger partial charge in [-0.3, -0.25) is 9.48 Å². The van der Waals surface area contributed by atoms with Crippen molar-refractivity contribution in [2.75, 3.05) is 6.54 Å². The predicted molar refractivity (Wildman–Crippen MR) is 82.6 cm³/mol. The van der Waals surface area contributed by atoms with E-state index in [0.29, 0.717) is 0 Å². The molecule has 3 heterocycles. The first-order valence-electron chi connectivity index (χ1n) is 7.28. The highest BCUT2D eigenvalue weighted by molar-refractivity contribution is 7.11. The van der Waals surface area contributed by atoms with Crippen molar-refractivity contribution in [2.45, 2.75) is 46.2 Å². The van der Waals surface area contributed by atoms with Gasteiger partial charge in [-0.05, 0) is 39.7 Å². The molecule has 5 nitrogen and oxygen atoms in total. The van der Waals surface area contributed by atoms with Crippen molar-refractivity contribution >= 4 is 17.2 Å². The molecule has 1 aliphatic rings. The van der Waals surface area contributed by atoms with Gasteiger partial charge in [0, 0.05) is 12.2 Å². The Labute approximate surface area is 128 Å². The lowest BCUT2D eigenvalue weighted by atomic mass is 10.2. The molecule has 0 bridgehead atoms. The van der Waals surface area contributed by atoms with Gasteiger partial charge in [0.15, 0.2) is 0 Å². The van der Waals surface area contributed by atoms with Crippen LogP contribution < -0.4 is 0 Å². The van der Waals surface area contributed by atoms with E-state index in [4.69, 9.17) is 0 Å². The zero-order valence-electron chi connectivity index (χ0n) is 12.7. The van der Waals surface area contributed by atoms with Gasteiger partial charge in [0.2, 0.25) is 0 Å². The molecule has 0 radical (unpaired) electrons. The van der Waals surface area contributed by atoms with Gasteiger partial charge in [0.1, 0.15) is 4.88 Å². The summed E-state index contributed by atoms with van der Waals surface area (Å²) in [6.07, 6.45) is 2.11. The molecule has 0 unspecified atom stereocenters. The van der Waals surface area contributed by atoms with Crippen LogP contribution in [0.5, 0.6) is 0 Å². The Bertz CT molecular complexity index is 660. The van der Waals surface area contributed by atoms with Crippen molar-refractivity contribution < 1.29 is 4.79 Å². The van der Waals surface area contributed by atoms with Crippen LogP contribution in [0.3, 0.4) is 0 Å². The summed E-state index contributed by atoms with van der Waals surface area (Å²) in [5, 5.41) is 4.52. The van der Waals surface area contributed by atoms with E-state index < -0.39 is 0 Å². The van der Waals surface area contributed by atoms with Crippen molar-refractivity contribution in [1.29, 1.82) is 0 Å². The molecule has 1 saturated heterocycles. The maximum absolute atomic E-state index is 12.7. The van der Waals surface area contributed by atoms with Crippen LogP contribution >= 0.6 is 11.3 Å². The summed E-state index contributed by atoms with van der Waals surface area (Å²) in [7, 11) is 0. The molecular weight excluding hydrogens is 284 g/mol. The number of likely N-dealkylation sites (tertiary alicyclic amines) is 1. The van der Waals surface area contributed by atoms with E-state index in [0.717, 1.165) is 47.9 Å². The summed E-state index contributed by atoms with van der Waals surface area (Å²) in [6, 6.07) is 2.31. The van der Waals surface area contributed by atoms with E-state index >= 15 is 0 Å². The second-order valence-corrected chi connectivity index (χ2v) is 6.53. The van der Waals surface area contributed by atoms with Gasteiger partial charge in [-0.15, -0.1) is 11.3 Å². The highest BCUT2D eigenvalue weighted by atomic mass is 32.1. The van der Waals surface area contributed by atoms with Gasteiger partial charge in [-0.2, -0.15) is 5.10 Å². The van der Waals surface area contributed by atoms with E-state index in [1.807, 2.05) is 23.4 Å². The Morgan fingerprint density at radius 3 is 2.86 bits per heavy atom. The van der Waals surface area contributed by atoms with Crippen LogP contribution in [-0.2, 0) is 6.54 Å². The predicted octanol–water partition coefficient (Wildman–Crippen LogP) is 2.57. The first-order valence-corrected chi connectivity index (χ1v) is 8.16. The third-order valence-corrected chi connectivity index (χ3v) is 4.98. The van der Waals surface area contributed by atoms with Crippen LogP contribution in [-0.4, -0.2) is 38.2 Å². The van der Waals surface area contributed by atoms with Crippen LogP contribution in [0, 0.1) is 20.8 Å². The monoisotopic (exact) mass is 304 g/mol. The first-order chi connectivity index (χ1) is 10.1. The number of carbonyl (C=O) groups excluding carboxylic acids is 1. The summed E-state index contributed by atoms with van der Waals surface area (Å²) < 4.78 is 2.02. The van der Waals surface area contributed by atoms with Gasteiger partial charge >= 0.3 is 0 Å². The van der Waals surface area contributed by atoms with Gasteiger partial charge in [0.25, 0.3) is 5.91 Å². The Morgan fingerprint density at radius 1 is 1.43 bits per heavy atom. The Morgan fingerprint density at radius 2 is 2.24 bits per heavy atom. The van der Waals surface area contributed by atoms with Crippen LogP contribution in [0.15, 0.2) is 11.6 Å². The lowest BCUT2D eigenvalue weighted by Gasteiger charge is -2.24. The lowest BCUT2D eigenvalue weighted by Crippen LogP contribution is -2.38. The number of carbonyl (C=O) groups is 1. The van der Waals surface area contributed by atoms with Crippen molar-refractivity contribution in [3.05, 3.63) is 33.5 Å². The second kappa shape index (κ2) is 5.60. The molecular formula is C15H20N4OS. The number of rotatable bonds is 3. The van der Waals surface area contributed by atoms with Crippen LogP contribution in [0.4, 0.5) is 0 Å². The number of thiazole rings is 1. The van der Waals surface area contributed by atoms with Crippen molar-refractivity contribution in [2.24, 2.45) is 0 Å². The van der Waals surface area contributed by atoms with Gasteiger partial charge in [-0.25, -0.2) is 4.98 Å². The summed E-state index contributed by atoms with van der Waals surface area (Å²) in [4.78, 5) is 19.6. The standard InChI is InChI=1S/C15H20N4OS/c1-10-7-11(2)19(17-10)8-13-5-4-6-18(13)15(20)14-12(3)16-9-21-14/h7,9,13H,4-6,8H2,1-3H3/t13-/m1/s1. The molecule has 2 aromatic heterocycles. The van der Waals surface area contributed by atoms with E-state index in [1.54, 1.807) is 5.51 Å². The minimum absolute atomic E-state index is 0.124. The molecule has 1 fully saturated rings. The highest BCUT2D eigenvalue weighted by Crippen LogP contribution is 2.24. The van der Waals surface area contributed by atoms with Crippen molar-refractivity contribution in [3.8, 4) is 0 Å². The largest absolute Gasteiger partial charge is 0.333 e. The minimum Gasteiger partial charge on any atom is -0.333 e. The normalized spacial score (nSPS) is 18.4. The SMILES string of the molecule is Cc1cc(C)n(C[C@H]2CCCN2C(=O)c2scnc2C)n1. The van der Waals surface area contributed by atoms with Crippen molar-refractivity contribution in [1.82, 2.24) is 19.7 Å². The fourth-order valence-corrected chi connectivity index (χ4v) is 3.75. The smallest absolute Gasteiger partial charge is 0.266 e. The van der Waals surface area contributed by atoms with Crippen LogP contribution in [0.1, 0.15) is 39.6 Å². The summed E-state index contributed by atoms with van der Waals surface area (Å²) in [6.45, 7) is 7.58. The van der Waals surface area contributed by atoms with E-state index in [9.17, 15) is 4.79 Å². The number of aryl methyl sites for hydroxylation is 3. The van der Waals surface area contributed by atoms with Crippen LogP contribution in [0.25, 0.3) is 0 Å². The summed E-state index contributed by atoms with van der Waals surface area (Å²) in [5.41, 5.74) is 4.76. The highest BCUT2D eigenvalue weighted by Gasteiger charge is 2.31. The van der Waals surface area contributed by atoms with Crippen LogP contribution in [0.2, 0.25) is 0 Å². The van der Waals surface area contributed by atoms with Crippen molar-refractivity contribution in [3.63, 3.8) is 0 Å². The summed E-state index contributed by atoms with van der Waals surface area (Å²) in [5.74, 6) is 0.124. The third-order valence-electron chi connectivity index (χ3n) is 4.06. The lowest BCUT2D eigenvalue weighted by molar-refractivity contribution is 0.0725. The van der Waals surface area contributed by atoms with Gasteiger partial charge in [-0.1, -0.05) is 0 Å². The molecule has 0 aliphatic carbocycles. The van der Waals surface area contributed by atoms with E-state index in [2.05, 4.69) is 23.1 Å². The topological polar surface area (TPSA) is 51.0 Å². The Kier molecular flexibility index (Phi) is 3.80. The molecule has 1 atom stereocenters. The fraction of sp³-hybridized carbons (Fsp3) is 0.533. The quantitative estimate of drug-likeness (QED) is 0.875. The minimum atomic E-state index is 0.124. The second-order valence-electron chi connectivity index (χ2n) is 5.67. The summed E-state index contributed by atoms with van der Waals surface area (Å²) >= 11 is 1.44. The molecule has 0 aromatic carbocycles. The Hall–Kier alpha value is -1.69. The number of nitrogens with zero attached hydrogens (tertiary/aromatic N) is 4. The molecule has 0 spiro atoms. The maximum atomic E-state index is 12.7. The number of amides is 1. The molecule has 2 aromatic rings. The zero-order chi connectivity index (χ0) is 15.0. The molecule has 1 aliphatic heterocycles. The third kappa shape index (κ3) is 2.72. The molecule has 112 valence electrons. The van der Waals surface area contributed by atoms with Gasteiger partial charge < -0.3 is 4.90 Å². The number of aromatic nitrogens is 3. The molecule has 6 heteroatoms. The van der Waals surface area contributed by atoms with Gasteiger partial charge in [0.05, 0.1) is 29.5 Å². The molecule has 0 saturated carbocycles.